The summed E-state index contributed by atoms with van der Waals surface area (Å²) in [6, 6.07) is 0. The summed E-state index contributed by atoms with van der Waals surface area (Å²) in [6.07, 6.45) is 12.1. The van der Waals surface area contributed by atoms with Crippen LogP contribution in [0, 0.1) is 46.3 Å². The zero-order valence-corrected chi connectivity index (χ0v) is 21.3. The van der Waals surface area contributed by atoms with Gasteiger partial charge < -0.3 is 9.94 Å². The molecule has 9 atom stereocenters. The summed E-state index contributed by atoms with van der Waals surface area (Å²) in [6.45, 7) is 7.35. The van der Waals surface area contributed by atoms with Gasteiger partial charge in [-0.15, -0.1) is 5.06 Å². The van der Waals surface area contributed by atoms with E-state index in [1.165, 1.54) is 44.9 Å². The number of rotatable bonds is 5. The number of fused-ring (bicyclic) bond motifs is 5. The Morgan fingerprint density at radius 1 is 1.00 bits per heavy atom. The van der Waals surface area contributed by atoms with Crippen molar-refractivity contribution in [2.24, 2.45) is 46.3 Å². The lowest BCUT2D eigenvalue weighted by Crippen LogP contribution is -2.54. The summed E-state index contributed by atoms with van der Waals surface area (Å²) in [7, 11) is 0. The molecule has 5 aliphatic rings. The normalized spacial score (nSPS) is 44.9. The number of hydrogen-bond acceptors (Lipinski definition) is 5. The molecule has 6 nitrogen and oxygen atoms in total. The van der Waals surface area contributed by atoms with Crippen LogP contribution in [0.5, 0.6) is 0 Å². The van der Waals surface area contributed by atoms with Crippen LogP contribution in [0.2, 0.25) is 0 Å². The topological polar surface area (TPSA) is 83.9 Å². The first kappa shape index (κ1) is 24.3. The minimum Gasteiger partial charge on any atom is -0.393 e. The largest absolute Gasteiger partial charge is 0.393 e. The second kappa shape index (κ2) is 8.90. The molecule has 0 aromatic heterocycles. The van der Waals surface area contributed by atoms with Crippen molar-refractivity contribution < 1.29 is 24.3 Å². The van der Waals surface area contributed by atoms with Crippen LogP contribution in [-0.4, -0.2) is 34.1 Å². The molecule has 1 heterocycles. The van der Waals surface area contributed by atoms with Gasteiger partial charge in [-0.3, -0.25) is 9.59 Å². The third-order valence-electron chi connectivity index (χ3n) is 11.4. The highest BCUT2D eigenvalue weighted by atomic mass is 16.7. The molecule has 1 aliphatic heterocycles. The molecule has 6 heteroatoms. The van der Waals surface area contributed by atoms with Gasteiger partial charge in [-0.05, 0) is 111 Å². The predicted octanol–water partition coefficient (Wildman–Crippen LogP) is 5.03. The van der Waals surface area contributed by atoms with Gasteiger partial charge in [-0.25, -0.2) is 4.79 Å². The van der Waals surface area contributed by atoms with Gasteiger partial charge in [0.2, 0.25) is 0 Å². The molecule has 190 valence electrons. The van der Waals surface area contributed by atoms with Crippen LogP contribution in [0.1, 0.15) is 104 Å². The van der Waals surface area contributed by atoms with E-state index in [1.807, 2.05) is 0 Å². The molecule has 0 aromatic rings. The fourth-order valence-corrected chi connectivity index (χ4v) is 9.56. The van der Waals surface area contributed by atoms with Crippen molar-refractivity contribution in [1.29, 1.82) is 0 Å². The van der Waals surface area contributed by atoms with Crippen molar-refractivity contribution in [3.63, 3.8) is 0 Å². The lowest BCUT2D eigenvalue weighted by atomic mass is 9.44. The van der Waals surface area contributed by atoms with Gasteiger partial charge >= 0.3 is 5.97 Å². The molecule has 0 spiro atoms. The van der Waals surface area contributed by atoms with E-state index >= 15 is 0 Å². The number of nitrogens with zero attached hydrogens (tertiary/aromatic N) is 1. The lowest BCUT2D eigenvalue weighted by molar-refractivity contribution is -0.197. The Bertz CT molecular complexity index is 827. The third-order valence-corrected chi connectivity index (χ3v) is 11.4. The minimum absolute atomic E-state index is 0.0893. The Balaban J connectivity index is 1.21. The monoisotopic (exact) mass is 473 g/mol. The molecule has 0 radical (unpaired) electrons. The van der Waals surface area contributed by atoms with E-state index in [1.54, 1.807) is 0 Å². The van der Waals surface area contributed by atoms with Crippen molar-refractivity contribution in [2.75, 3.05) is 0 Å². The average molecular weight is 474 g/mol. The van der Waals surface area contributed by atoms with Crippen molar-refractivity contribution in [2.45, 2.75) is 110 Å². The highest BCUT2D eigenvalue weighted by Crippen LogP contribution is 2.68. The first-order chi connectivity index (χ1) is 16.1. The van der Waals surface area contributed by atoms with Crippen LogP contribution in [0.15, 0.2) is 0 Å². The number of aliphatic hydroxyl groups is 1. The second-order valence-electron chi connectivity index (χ2n) is 12.9. The van der Waals surface area contributed by atoms with E-state index in [0.29, 0.717) is 33.6 Å². The summed E-state index contributed by atoms with van der Waals surface area (Å²) in [4.78, 5) is 40.9. The van der Waals surface area contributed by atoms with E-state index in [0.717, 1.165) is 37.0 Å². The number of carbonyl (C=O) groups excluding carboxylic acids is 3. The first-order valence-corrected chi connectivity index (χ1v) is 13.9. The smallest absolute Gasteiger partial charge is 0.333 e. The number of hydrogen-bond donors (Lipinski definition) is 1. The van der Waals surface area contributed by atoms with E-state index in [9.17, 15) is 19.5 Å². The van der Waals surface area contributed by atoms with E-state index in [4.69, 9.17) is 4.84 Å². The SMILES string of the molecule is C[C@H](CCC(=O)ON1C(=O)CCC1=O)[C@@H]1CC[C@@H]2[C@@H]3CC[C@@H]4C[C@H](O)CC[C@]4(C)[C@@H]3CC[C@]21C. The molecule has 1 saturated heterocycles. The fourth-order valence-electron chi connectivity index (χ4n) is 9.56. The summed E-state index contributed by atoms with van der Waals surface area (Å²) in [5, 5.41) is 10.9. The molecule has 0 bridgehead atoms. The van der Waals surface area contributed by atoms with Crippen LogP contribution in [0.3, 0.4) is 0 Å². The van der Waals surface area contributed by atoms with Crippen LogP contribution in [0.25, 0.3) is 0 Å². The molecule has 34 heavy (non-hydrogen) atoms. The van der Waals surface area contributed by atoms with Crippen molar-refractivity contribution >= 4 is 17.8 Å². The Morgan fingerprint density at radius 3 is 2.41 bits per heavy atom. The van der Waals surface area contributed by atoms with E-state index in [-0.39, 0.29) is 25.4 Å². The van der Waals surface area contributed by atoms with Crippen molar-refractivity contribution in [3.05, 3.63) is 0 Å². The van der Waals surface area contributed by atoms with Gasteiger partial charge in [-0.2, -0.15) is 0 Å². The number of imide groups is 1. The molecule has 1 N–H and O–H groups in total. The number of aliphatic hydroxyl groups excluding tert-OH is 1. The van der Waals surface area contributed by atoms with E-state index in [2.05, 4.69) is 20.8 Å². The van der Waals surface area contributed by atoms with Gasteiger partial charge in [0.05, 0.1) is 6.10 Å². The standard InChI is InChI=1S/C28H43NO5/c1-17(4-11-26(33)34-29-24(31)9-10-25(29)32)21-7-8-22-20-6-5-18-16-19(30)12-14-27(18,2)23(20)13-15-28(21,22)3/h17-23,30H,4-16H2,1-3H3/t17-,18-,19-,20+,21+,22-,23-,27+,28+/m1/s1. The molecule has 4 saturated carbocycles. The van der Waals surface area contributed by atoms with Gasteiger partial charge in [0.1, 0.15) is 0 Å². The summed E-state index contributed by atoms with van der Waals surface area (Å²) < 4.78 is 0. The second-order valence-corrected chi connectivity index (χ2v) is 12.9. The molecular weight excluding hydrogens is 430 g/mol. The van der Waals surface area contributed by atoms with Gasteiger partial charge in [0.15, 0.2) is 0 Å². The Hall–Kier alpha value is -1.43. The predicted molar refractivity (Wildman–Crippen MR) is 127 cm³/mol. The molecule has 4 aliphatic carbocycles. The molecule has 5 fully saturated rings. The van der Waals surface area contributed by atoms with Crippen LogP contribution in [0.4, 0.5) is 0 Å². The first-order valence-electron chi connectivity index (χ1n) is 13.9. The zero-order valence-electron chi connectivity index (χ0n) is 21.3. The van der Waals surface area contributed by atoms with Crippen molar-refractivity contribution in [3.8, 4) is 0 Å². The summed E-state index contributed by atoms with van der Waals surface area (Å²) in [5.74, 6) is 2.82. The molecule has 0 unspecified atom stereocenters. The Labute approximate surface area is 204 Å². The van der Waals surface area contributed by atoms with Gasteiger partial charge in [-0.1, -0.05) is 20.8 Å². The number of hydroxylamine groups is 2. The molecule has 2 amide bonds. The molecule has 0 aromatic carbocycles. The Kier molecular flexibility index (Phi) is 6.35. The number of amides is 2. The molecule has 5 rings (SSSR count). The average Bonchev–Trinajstić information content (AvgIpc) is 3.32. The summed E-state index contributed by atoms with van der Waals surface area (Å²) in [5.41, 5.74) is 0.740. The summed E-state index contributed by atoms with van der Waals surface area (Å²) >= 11 is 0. The van der Waals surface area contributed by atoms with E-state index < -0.39 is 17.8 Å². The quantitative estimate of drug-likeness (QED) is 0.566. The lowest BCUT2D eigenvalue weighted by Gasteiger charge is -2.61. The minimum atomic E-state index is -0.468. The maximum Gasteiger partial charge on any atom is 0.333 e. The highest BCUT2D eigenvalue weighted by molar-refractivity contribution is 6.01. The van der Waals surface area contributed by atoms with Crippen molar-refractivity contribution in [1.82, 2.24) is 5.06 Å². The van der Waals surface area contributed by atoms with Crippen LogP contribution < -0.4 is 0 Å². The van der Waals surface area contributed by atoms with Crippen LogP contribution >= 0.6 is 0 Å². The zero-order chi connectivity index (χ0) is 24.3. The van der Waals surface area contributed by atoms with Crippen LogP contribution in [-0.2, 0) is 19.2 Å². The molecular formula is C28H43NO5. The third kappa shape index (κ3) is 3.92. The maximum absolute atomic E-state index is 12.4. The number of carbonyl (C=O) groups is 3. The van der Waals surface area contributed by atoms with Gasteiger partial charge in [0.25, 0.3) is 11.8 Å². The Morgan fingerprint density at radius 2 is 1.68 bits per heavy atom. The fraction of sp³-hybridized carbons (Fsp3) is 0.893. The van der Waals surface area contributed by atoms with Gasteiger partial charge in [0, 0.05) is 19.3 Å². The highest BCUT2D eigenvalue weighted by Gasteiger charge is 2.60. The maximum atomic E-state index is 12.4.